The number of amides is 1. The molecule has 114 valence electrons. The van der Waals surface area contributed by atoms with Crippen molar-refractivity contribution in [3.63, 3.8) is 0 Å². The summed E-state index contributed by atoms with van der Waals surface area (Å²) < 4.78 is 4.81. The van der Waals surface area contributed by atoms with E-state index in [0.717, 1.165) is 11.0 Å². The van der Waals surface area contributed by atoms with Crippen molar-refractivity contribution in [2.24, 2.45) is 0 Å². The van der Waals surface area contributed by atoms with E-state index < -0.39 is 29.0 Å². The third-order valence-corrected chi connectivity index (χ3v) is 2.65. The fourth-order valence-corrected chi connectivity index (χ4v) is 1.63. The maximum atomic E-state index is 12.2. The van der Waals surface area contributed by atoms with Gasteiger partial charge in [-0.1, -0.05) is 0 Å². The Morgan fingerprint density at radius 2 is 2.14 bits per heavy atom. The molecule has 21 heavy (non-hydrogen) atoms. The number of carbonyl (C=O) groups is 2. The summed E-state index contributed by atoms with van der Waals surface area (Å²) in [5.74, 6) is -1.83. The van der Waals surface area contributed by atoms with E-state index in [1.807, 2.05) is 0 Å². The molecule has 0 saturated heterocycles. The van der Waals surface area contributed by atoms with Crippen LogP contribution in [-0.2, 0) is 9.53 Å². The zero-order valence-corrected chi connectivity index (χ0v) is 11.3. The quantitative estimate of drug-likeness (QED) is 0.421. The van der Waals surface area contributed by atoms with Gasteiger partial charge in [-0.3, -0.25) is 19.7 Å². The Bertz CT molecular complexity index is 560. The lowest BCUT2D eigenvalue weighted by Crippen LogP contribution is -2.38. The number of ether oxygens (including phenoxy) is 1. The lowest BCUT2D eigenvalue weighted by atomic mass is 10.1. The van der Waals surface area contributed by atoms with Crippen LogP contribution in [-0.4, -0.2) is 53.6 Å². The van der Waals surface area contributed by atoms with Gasteiger partial charge in [0.05, 0.1) is 11.5 Å². The van der Waals surface area contributed by atoms with E-state index in [2.05, 4.69) is 0 Å². The van der Waals surface area contributed by atoms with E-state index >= 15 is 0 Å². The number of carbonyl (C=O) groups excluding carboxylic acids is 1. The van der Waals surface area contributed by atoms with Crippen molar-refractivity contribution in [2.45, 2.75) is 0 Å². The highest BCUT2D eigenvalue weighted by Gasteiger charge is 2.21. The number of carboxylic acid groups (broad SMARTS) is 1. The molecule has 0 aliphatic carbocycles. The van der Waals surface area contributed by atoms with E-state index in [4.69, 9.17) is 15.6 Å². The SMILES string of the molecule is COCCN(CC(=O)O)C(=O)c1ccc(N)c([N+](=O)[O-])c1. The van der Waals surface area contributed by atoms with Crippen LogP contribution in [0.4, 0.5) is 11.4 Å². The molecule has 1 rings (SSSR count). The molecule has 0 bridgehead atoms. The number of hydrogen-bond donors (Lipinski definition) is 2. The zero-order chi connectivity index (χ0) is 16.0. The molecule has 0 aliphatic rings. The molecule has 1 aromatic carbocycles. The number of nitrogens with zero attached hydrogens (tertiary/aromatic N) is 2. The average Bonchev–Trinajstić information content (AvgIpc) is 2.42. The monoisotopic (exact) mass is 297 g/mol. The van der Waals surface area contributed by atoms with Crippen molar-refractivity contribution in [2.75, 3.05) is 32.5 Å². The average molecular weight is 297 g/mol. The number of carboxylic acids is 1. The van der Waals surface area contributed by atoms with Gasteiger partial charge in [0.25, 0.3) is 11.6 Å². The molecule has 0 aliphatic heterocycles. The molecular formula is C12H15N3O6. The predicted octanol–water partition coefficient (Wildman–Crippen LogP) is 0.350. The topological polar surface area (TPSA) is 136 Å². The molecule has 1 aromatic rings. The van der Waals surface area contributed by atoms with Gasteiger partial charge in [-0.2, -0.15) is 0 Å². The van der Waals surface area contributed by atoms with E-state index in [-0.39, 0.29) is 24.4 Å². The summed E-state index contributed by atoms with van der Waals surface area (Å²) in [5.41, 5.74) is 4.97. The number of rotatable bonds is 7. The molecule has 9 nitrogen and oxygen atoms in total. The Morgan fingerprint density at radius 1 is 1.48 bits per heavy atom. The van der Waals surface area contributed by atoms with Crippen molar-refractivity contribution in [3.05, 3.63) is 33.9 Å². The zero-order valence-electron chi connectivity index (χ0n) is 11.3. The smallest absolute Gasteiger partial charge is 0.323 e. The maximum Gasteiger partial charge on any atom is 0.323 e. The van der Waals surface area contributed by atoms with E-state index in [1.54, 1.807) is 0 Å². The molecule has 9 heteroatoms. The molecule has 0 saturated carbocycles. The van der Waals surface area contributed by atoms with Crippen LogP contribution in [0.1, 0.15) is 10.4 Å². The van der Waals surface area contributed by atoms with Gasteiger partial charge in [-0.15, -0.1) is 0 Å². The summed E-state index contributed by atoms with van der Waals surface area (Å²) in [6.07, 6.45) is 0. The van der Waals surface area contributed by atoms with Crippen LogP contribution in [0.15, 0.2) is 18.2 Å². The molecule has 0 radical (unpaired) electrons. The van der Waals surface area contributed by atoms with Crippen LogP contribution < -0.4 is 5.73 Å². The lowest BCUT2D eigenvalue weighted by molar-refractivity contribution is -0.383. The number of aliphatic carboxylic acids is 1. The van der Waals surface area contributed by atoms with E-state index in [9.17, 15) is 19.7 Å². The van der Waals surface area contributed by atoms with E-state index in [1.165, 1.54) is 19.2 Å². The van der Waals surface area contributed by atoms with Crippen LogP contribution >= 0.6 is 0 Å². The first-order valence-corrected chi connectivity index (χ1v) is 5.90. The fourth-order valence-electron chi connectivity index (χ4n) is 1.63. The van der Waals surface area contributed by atoms with Gasteiger partial charge in [-0.05, 0) is 12.1 Å². The largest absolute Gasteiger partial charge is 0.480 e. The first kappa shape index (κ1) is 16.4. The fraction of sp³-hybridized carbons (Fsp3) is 0.333. The first-order valence-electron chi connectivity index (χ1n) is 5.90. The Hall–Kier alpha value is -2.68. The second kappa shape index (κ2) is 7.20. The molecule has 3 N–H and O–H groups in total. The molecule has 0 spiro atoms. The standard InChI is InChI=1S/C12H15N3O6/c1-21-5-4-14(7-11(16)17)12(18)8-2-3-9(13)10(6-8)15(19)20/h2-3,6H,4-5,7,13H2,1H3,(H,16,17). The van der Waals surface area contributed by atoms with Crippen LogP contribution in [0, 0.1) is 10.1 Å². The van der Waals surface area contributed by atoms with Crippen LogP contribution in [0.5, 0.6) is 0 Å². The van der Waals surface area contributed by atoms with Crippen molar-refractivity contribution >= 4 is 23.3 Å². The minimum absolute atomic E-state index is 0.00625. The predicted molar refractivity (Wildman–Crippen MR) is 72.9 cm³/mol. The third-order valence-electron chi connectivity index (χ3n) is 2.65. The van der Waals surface area contributed by atoms with Crippen molar-refractivity contribution in [1.29, 1.82) is 0 Å². The Kier molecular flexibility index (Phi) is 5.61. The van der Waals surface area contributed by atoms with Crippen LogP contribution in [0.3, 0.4) is 0 Å². The summed E-state index contributed by atoms with van der Waals surface area (Å²) in [6.45, 7) is -0.323. The number of hydrogen-bond acceptors (Lipinski definition) is 6. The van der Waals surface area contributed by atoms with Gasteiger partial charge in [0.2, 0.25) is 0 Å². The van der Waals surface area contributed by atoms with Crippen molar-refractivity contribution in [1.82, 2.24) is 4.90 Å². The Morgan fingerprint density at radius 3 is 2.67 bits per heavy atom. The van der Waals surface area contributed by atoms with E-state index in [0.29, 0.717) is 0 Å². The van der Waals surface area contributed by atoms with Gasteiger partial charge in [-0.25, -0.2) is 0 Å². The van der Waals surface area contributed by atoms with Crippen molar-refractivity contribution < 1.29 is 24.4 Å². The number of nitro benzene ring substituents is 1. The summed E-state index contributed by atoms with van der Waals surface area (Å²) in [4.78, 5) is 34.1. The number of nitro groups is 1. The highest BCUT2D eigenvalue weighted by molar-refractivity contribution is 5.97. The Labute approximate surface area is 120 Å². The lowest BCUT2D eigenvalue weighted by Gasteiger charge is -2.20. The van der Waals surface area contributed by atoms with Crippen LogP contribution in [0.25, 0.3) is 0 Å². The minimum Gasteiger partial charge on any atom is -0.480 e. The number of anilines is 1. The van der Waals surface area contributed by atoms with Gasteiger partial charge >= 0.3 is 5.97 Å². The normalized spacial score (nSPS) is 10.1. The molecule has 0 unspecified atom stereocenters. The number of nitrogens with two attached hydrogens (primary N) is 1. The van der Waals surface area contributed by atoms with Crippen LogP contribution in [0.2, 0.25) is 0 Å². The van der Waals surface area contributed by atoms with Gasteiger partial charge < -0.3 is 20.5 Å². The Balaban J connectivity index is 3.05. The maximum absolute atomic E-state index is 12.2. The van der Waals surface area contributed by atoms with Gasteiger partial charge in [0.1, 0.15) is 12.2 Å². The number of methoxy groups -OCH3 is 1. The van der Waals surface area contributed by atoms with Crippen molar-refractivity contribution in [3.8, 4) is 0 Å². The molecule has 0 atom stereocenters. The summed E-state index contributed by atoms with van der Waals surface area (Å²) in [7, 11) is 1.41. The second-order valence-corrected chi connectivity index (χ2v) is 4.14. The first-order chi connectivity index (χ1) is 9.86. The van der Waals surface area contributed by atoms with Gasteiger partial charge in [0.15, 0.2) is 0 Å². The third kappa shape index (κ3) is 4.42. The minimum atomic E-state index is -1.19. The molecule has 1 amide bonds. The summed E-state index contributed by atoms with van der Waals surface area (Å²) in [6, 6.07) is 3.58. The number of benzene rings is 1. The molecule has 0 aromatic heterocycles. The molecule has 0 fully saturated rings. The number of nitrogen functional groups attached to an aromatic ring is 1. The van der Waals surface area contributed by atoms with Gasteiger partial charge in [0, 0.05) is 25.3 Å². The highest BCUT2D eigenvalue weighted by atomic mass is 16.6. The second-order valence-electron chi connectivity index (χ2n) is 4.14. The summed E-state index contributed by atoms with van der Waals surface area (Å²) in [5, 5.41) is 19.6. The highest BCUT2D eigenvalue weighted by Crippen LogP contribution is 2.23. The molecule has 0 heterocycles. The molecular weight excluding hydrogens is 282 g/mol. The summed E-state index contributed by atoms with van der Waals surface area (Å²) >= 11 is 0.